The molecular weight excluding hydrogens is 225 g/mol. The topological polar surface area (TPSA) is 12.0 Å². The molecular formula is C13H17ClFN. The van der Waals surface area contributed by atoms with E-state index >= 15 is 0 Å². The summed E-state index contributed by atoms with van der Waals surface area (Å²) in [6.07, 6.45) is 1.93. The summed E-state index contributed by atoms with van der Waals surface area (Å²) in [6.45, 7) is 6.35. The smallest absolute Gasteiger partial charge is 0.123 e. The molecule has 1 N–H and O–H groups in total. The fraction of sp³-hybridized carbons (Fsp3) is 0.385. The Kier molecular flexibility index (Phi) is 5.50. The first-order chi connectivity index (χ1) is 7.58. The highest BCUT2D eigenvalue weighted by molar-refractivity contribution is 6.29. The lowest BCUT2D eigenvalue weighted by Crippen LogP contribution is -2.27. The van der Waals surface area contributed by atoms with Gasteiger partial charge in [0.25, 0.3) is 0 Å². The van der Waals surface area contributed by atoms with Gasteiger partial charge in [-0.25, -0.2) is 4.39 Å². The van der Waals surface area contributed by atoms with Gasteiger partial charge in [0.05, 0.1) is 0 Å². The number of benzene rings is 1. The van der Waals surface area contributed by atoms with E-state index in [1.807, 2.05) is 12.1 Å². The molecule has 1 nitrogen and oxygen atoms in total. The summed E-state index contributed by atoms with van der Waals surface area (Å²) in [6, 6.07) is 7.01. The quantitative estimate of drug-likeness (QED) is 0.804. The molecule has 0 radical (unpaired) electrons. The number of nitrogens with one attached hydrogen (secondary N) is 1. The Morgan fingerprint density at radius 2 is 2.06 bits per heavy atom. The van der Waals surface area contributed by atoms with Gasteiger partial charge in [-0.3, -0.25) is 0 Å². The molecule has 1 rings (SSSR count). The molecule has 3 heteroatoms. The third-order valence-corrected chi connectivity index (χ3v) is 2.56. The average molecular weight is 242 g/mol. The molecule has 0 aliphatic heterocycles. The number of rotatable bonds is 6. The van der Waals surface area contributed by atoms with Crippen LogP contribution in [0.2, 0.25) is 0 Å². The van der Waals surface area contributed by atoms with Crippen molar-refractivity contribution in [3.05, 3.63) is 47.3 Å². The van der Waals surface area contributed by atoms with Gasteiger partial charge in [-0.15, -0.1) is 0 Å². The Labute approximate surface area is 101 Å². The molecule has 0 aromatic heterocycles. The molecule has 1 aromatic rings. The van der Waals surface area contributed by atoms with Crippen molar-refractivity contribution in [2.24, 2.45) is 0 Å². The molecule has 0 saturated heterocycles. The van der Waals surface area contributed by atoms with Gasteiger partial charge in [0.1, 0.15) is 5.82 Å². The van der Waals surface area contributed by atoms with Crippen LogP contribution in [0, 0.1) is 5.82 Å². The van der Waals surface area contributed by atoms with Gasteiger partial charge in [-0.2, -0.15) is 0 Å². The normalized spacial score (nSPS) is 12.4. The van der Waals surface area contributed by atoms with Crippen molar-refractivity contribution in [3.63, 3.8) is 0 Å². The van der Waals surface area contributed by atoms with Crippen LogP contribution in [0.1, 0.15) is 18.9 Å². The predicted molar refractivity (Wildman–Crippen MR) is 67.2 cm³/mol. The predicted octanol–water partition coefficient (Wildman–Crippen LogP) is 3.49. The molecule has 0 spiro atoms. The maximum Gasteiger partial charge on any atom is 0.123 e. The molecule has 0 aliphatic rings. The Morgan fingerprint density at radius 3 is 2.62 bits per heavy atom. The SMILES string of the molecule is C=C(Cl)CNC(C)CCc1ccc(F)cc1. The van der Waals surface area contributed by atoms with Crippen molar-refractivity contribution in [3.8, 4) is 0 Å². The van der Waals surface area contributed by atoms with Gasteiger partial charge in [-0.05, 0) is 37.5 Å². The summed E-state index contributed by atoms with van der Waals surface area (Å²) in [5.41, 5.74) is 1.15. The fourth-order valence-electron chi connectivity index (χ4n) is 1.42. The summed E-state index contributed by atoms with van der Waals surface area (Å²) in [4.78, 5) is 0. The highest BCUT2D eigenvalue weighted by atomic mass is 35.5. The summed E-state index contributed by atoms with van der Waals surface area (Å²) in [5, 5.41) is 3.88. The standard InChI is InChI=1S/C13H17ClFN/c1-10(14)9-16-11(2)3-4-12-5-7-13(15)8-6-12/h5-8,11,16H,1,3-4,9H2,2H3. The molecule has 0 aliphatic carbocycles. The van der Waals surface area contributed by atoms with Crippen molar-refractivity contribution >= 4 is 11.6 Å². The highest BCUT2D eigenvalue weighted by Crippen LogP contribution is 2.07. The van der Waals surface area contributed by atoms with Crippen LogP contribution in [0.15, 0.2) is 35.9 Å². The minimum atomic E-state index is -0.187. The molecule has 1 aromatic carbocycles. The molecule has 88 valence electrons. The van der Waals surface area contributed by atoms with Crippen LogP contribution in [-0.2, 0) is 6.42 Å². The van der Waals surface area contributed by atoms with Crippen molar-refractivity contribution in [1.29, 1.82) is 0 Å². The maximum absolute atomic E-state index is 12.7. The second-order valence-corrected chi connectivity index (χ2v) is 4.50. The maximum atomic E-state index is 12.7. The first-order valence-electron chi connectivity index (χ1n) is 5.39. The zero-order valence-corrected chi connectivity index (χ0v) is 10.2. The van der Waals surface area contributed by atoms with Gasteiger partial charge in [0, 0.05) is 17.6 Å². The molecule has 0 amide bonds. The van der Waals surface area contributed by atoms with E-state index in [1.54, 1.807) is 0 Å². The lowest BCUT2D eigenvalue weighted by Gasteiger charge is -2.12. The minimum absolute atomic E-state index is 0.187. The van der Waals surface area contributed by atoms with Gasteiger partial charge in [0.15, 0.2) is 0 Å². The second-order valence-electron chi connectivity index (χ2n) is 3.96. The van der Waals surface area contributed by atoms with Crippen LogP contribution in [-0.4, -0.2) is 12.6 Å². The highest BCUT2D eigenvalue weighted by Gasteiger charge is 2.02. The zero-order valence-electron chi connectivity index (χ0n) is 9.47. The van der Waals surface area contributed by atoms with Gasteiger partial charge in [0.2, 0.25) is 0 Å². The van der Waals surface area contributed by atoms with E-state index in [-0.39, 0.29) is 5.82 Å². The Balaban J connectivity index is 2.28. The number of aryl methyl sites for hydroxylation is 1. The van der Waals surface area contributed by atoms with Crippen LogP contribution in [0.4, 0.5) is 4.39 Å². The van der Waals surface area contributed by atoms with E-state index in [4.69, 9.17) is 11.6 Å². The Morgan fingerprint density at radius 1 is 1.44 bits per heavy atom. The summed E-state index contributed by atoms with van der Waals surface area (Å²) in [5.74, 6) is -0.187. The van der Waals surface area contributed by atoms with Crippen LogP contribution < -0.4 is 5.32 Å². The molecule has 1 unspecified atom stereocenters. The minimum Gasteiger partial charge on any atom is -0.309 e. The van der Waals surface area contributed by atoms with Crippen molar-refractivity contribution in [1.82, 2.24) is 5.32 Å². The third kappa shape index (κ3) is 5.29. The van der Waals surface area contributed by atoms with Gasteiger partial charge in [-0.1, -0.05) is 30.3 Å². The Hall–Kier alpha value is -0.860. The third-order valence-electron chi connectivity index (χ3n) is 2.42. The zero-order chi connectivity index (χ0) is 12.0. The lowest BCUT2D eigenvalue weighted by atomic mass is 10.1. The van der Waals surface area contributed by atoms with Crippen LogP contribution in [0.3, 0.4) is 0 Å². The first kappa shape index (κ1) is 13.2. The fourth-order valence-corrected chi connectivity index (χ4v) is 1.50. The van der Waals surface area contributed by atoms with Gasteiger partial charge < -0.3 is 5.32 Å². The van der Waals surface area contributed by atoms with Crippen molar-refractivity contribution < 1.29 is 4.39 Å². The average Bonchev–Trinajstić information content (AvgIpc) is 2.25. The van der Waals surface area contributed by atoms with Crippen molar-refractivity contribution in [2.45, 2.75) is 25.8 Å². The van der Waals surface area contributed by atoms with E-state index in [1.165, 1.54) is 12.1 Å². The van der Waals surface area contributed by atoms with E-state index < -0.39 is 0 Å². The second kappa shape index (κ2) is 6.66. The summed E-state index contributed by atoms with van der Waals surface area (Å²) < 4.78 is 12.7. The van der Waals surface area contributed by atoms with Crippen LogP contribution in [0.25, 0.3) is 0 Å². The first-order valence-corrected chi connectivity index (χ1v) is 5.77. The van der Waals surface area contributed by atoms with E-state index in [0.717, 1.165) is 18.4 Å². The molecule has 0 saturated carbocycles. The molecule has 16 heavy (non-hydrogen) atoms. The number of halogens is 2. The molecule has 0 heterocycles. The van der Waals surface area contributed by atoms with Crippen LogP contribution in [0.5, 0.6) is 0 Å². The van der Waals surface area contributed by atoms with E-state index in [0.29, 0.717) is 17.6 Å². The molecule has 0 fully saturated rings. The van der Waals surface area contributed by atoms with Crippen molar-refractivity contribution in [2.75, 3.05) is 6.54 Å². The number of hydrogen-bond acceptors (Lipinski definition) is 1. The Bertz CT molecular complexity index is 334. The van der Waals surface area contributed by atoms with E-state index in [2.05, 4.69) is 18.8 Å². The lowest BCUT2D eigenvalue weighted by molar-refractivity contribution is 0.540. The summed E-state index contributed by atoms with van der Waals surface area (Å²) >= 11 is 5.66. The largest absolute Gasteiger partial charge is 0.309 e. The molecule has 1 atom stereocenters. The summed E-state index contributed by atoms with van der Waals surface area (Å²) in [7, 11) is 0. The molecule has 0 bridgehead atoms. The van der Waals surface area contributed by atoms with Crippen LogP contribution >= 0.6 is 11.6 Å². The monoisotopic (exact) mass is 241 g/mol. The number of hydrogen-bond donors (Lipinski definition) is 1. The van der Waals surface area contributed by atoms with Gasteiger partial charge >= 0.3 is 0 Å². The van der Waals surface area contributed by atoms with E-state index in [9.17, 15) is 4.39 Å².